The minimum absolute atomic E-state index is 0.518. The van der Waals surface area contributed by atoms with E-state index in [-0.39, 0.29) is 0 Å². The molecular weight excluding hydrogens is 206 g/mol. The largest absolute Gasteiger partial charge is 0.313 e. The van der Waals surface area contributed by atoms with Crippen molar-refractivity contribution in [2.24, 2.45) is 11.3 Å². The fourth-order valence-corrected chi connectivity index (χ4v) is 2.77. The minimum atomic E-state index is 0.518. The zero-order chi connectivity index (χ0) is 12.6. The SMILES string of the molecule is CNC(c1ccc(C(C)C)cc1)C1CC1(C)C. The normalized spacial score (nSPS) is 23.8. The van der Waals surface area contributed by atoms with Crippen molar-refractivity contribution in [3.05, 3.63) is 35.4 Å². The Morgan fingerprint density at radius 2 is 1.59 bits per heavy atom. The summed E-state index contributed by atoms with van der Waals surface area (Å²) in [5.74, 6) is 1.41. The molecule has 0 bridgehead atoms. The van der Waals surface area contributed by atoms with Gasteiger partial charge in [-0.2, -0.15) is 0 Å². The molecule has 2 unspecified atom stereocenters. The summed E-state index contributed by atoms with van der Waals surface area (Å²) in [5, 5.41) is 3.48. The molecule has 0 spiro atoms. The van der Waals surface area contributed by atoms with Crippen molar-refractivity contribution in [1.82, 2.24) is 5.32 Å². The molecule has 94 valence electrons. The van der Waals surface area contributed by atoms with Crippen molar-refractivity contribution in [2.45, 2.75) is 46.1 Å². The van der Waals surface area contributed by atoms with Crippen LogP contribution in [0.2, 0.25) is 0 Å². The van der Waals surface area contributed by atoms with Gasteiger partial charge in [-0.25, -0.2) is 0 Å². The molecule has 1 aromatic carbocycles. The van der Waals surface area contributed by atoms with Gasteiger partial charge in [0.2, 0.25) is 0 Å². The van der Waals surface area contributed by atoms with Crippen LogP contribution in [-0.4, -0.2) is 7.05 Å². The van der Waals surface area contributed by atoms with Crippen LogP contribution in [0.15, 0.2) is 24.3 Å². The van der Waals surface area contributed by atoms with E-state index in [1.165, 1.54) is 17.5 Å². The first kappa shape index (κ1) is 12.6. The maximum atomic E-state index is 3.48. The zero-order valence-electron chi connectivity index (χ0n) is 11.7. The fraction of sp³-hybridized carbons (Fsp3) is 0.625. The lowest BCUT2D eigenvalue weighted by molar-refractivity contribution is 0.441. The van der Waals surface area contributed by atoms with Crippen molar-refractivity contribution in [2.75, 3.05) is 7.05 Å². The molecule has 1 fully saturated rings. The van der Waals surface area contributed by atoms with E-state index in [0.717, 1.165) is 5.92 Å². The number of hydrogen-bond acceptors (Lipinski definition) is 1. The Bertz CT molecular complexity index is 375. The first-order chi connectivity index (χ1) is 7.95. The fourth-order valence-electron chi connectivity index (χ4n) is 2.77. The third-order valence-corrected chi connectivity index (χ3v) is 4.27. The van der Waals surface area contributed by atoms with Crippen LogP contribution in [0.5, 0.6) is 0 Å². The lowest BCUT2D eigenvalue weighted by Crippen LogP contribution is -2.20. The third kappa shape index (κ3) is 2.55. The van der Waals surface area contributed by atoms with E-state index in [1.807, 2.05) is 0 Å². The van der Waals surface area contributed by atoms with Gasteiger partial charge in [-0.3, -0.25) is 0 Å². The quantitative estimate of drug-likeness (QED) is 0.822. The number of nitrogens with one attached hydrogen (secondary N) is 1. The standard InChI is InChI=1S/C16H25N/c1-11(2)12-6-8-13(9-7-12)15(17-5)14-10-16(14,3)4/h6-9,11,14-15,17H,10H2,1-5H3. The van der Waals surface area contributed by atoms with Crippen molar-refractivity contribution < 1.29 is 0 Å². The molecule has 1 nitrogen and oxygen atoms in total. The Kier molecular flexibility index (Phi) is 3.31. The molecular formula is C16H25N. The van der Waals surface area contributed by atoms with Crippen LogP contribution >= 0.6 is 0 Å². The van der Waals surface area contributed by atoms with Crippen LogP contribution in [0, 0.1) is 11.3 Å². The average molecular weight is 231 g/mol. The molecule has 1 aliphatic carbocycles. The van der Waals surface area contributed by atoms with Crippen LogP contribution in [0.1, 0.15) is 57.2 Å². The van der Waals surface area contributed by atoms with Gasteiger partial charge in [-0.1, -0.05) is 52.0 Å². The summed E-state index contributed by atoms with van der Waals surface area (Å²) >= 11 is 0. The van der Waals surface area contributed by atoms with E-state index in [9.17, 15) is 0 Å². The summed E-state index contributed by atoms with van der Waals surface area (Å²) in [6.45, 7) is 9.22. The van der Waals surface area contributed by atoms with Gasteiger partial charge in [0.25, 0.3) is 0 Å². The summed E-state index contributed by atoms with van der Waals surface area (Å²) in [5.41, 5.74) is 3.39. The Labute approximate surface area is 106 Å². The van der Waals surface area contributed by atoms with Crippen molar-refractivity contribution in [3.63, 3.8) is 0 Å². The van der Waals surface area contributed by atoms with Crippen LogP contribution in [-0.2, 0) is 0 Å². The van der Waals surface area contributed by atoms with Gasteiger partial charge in [-0.05, 0) is 41.8 Å². The summed E-state index contributed by atoms with van der Waals surface area (Å²) in [6.07, 6.45) is 1.34. The Balaban J connectivity index is 2.15. The molecule has 0 radical (unpaired) electrons. The molecule has 17 heavy (non-hydrogen) atoms. The van der Waals surface area contributed by atoms with Gasteiger partial charge < -0.3 is 5.32 Å². The second-order valence-corrected chi connectivity index (χ2v) is 6.39. The maximum Gasteiger partial charge on any atom is 0.0351 e. The molecule has 1 heteroatoms. The van der Waals surface area contributed by atoms with Crippen LogP contribution in [0.25, 0.3) is 0 Å². The monoisotopic (exact) mass is 231 g/mol. The topological polar surface area (TPSA) is 12.0 Å². The molecule has 1 aromatic rings. The highest BCUT2D eigenvalue weighted by atomic mass is 14.9. The predicted molar refractivity (Wildman–Crippen MR) is 74.2 cm³/mol. The highest BCUT2D eigenvalue weighted by Gasteiger charge is 2.49. The highest BCUT2D eigenvalue weighted by Crippen LogP contribution is 2.57. The van der Waals surface area contributed by atoms with Crippen molar-refractivity contribution in [3.8, 4) is 0 Å². The van der Waals surface area contributed by atoms with E-state index in [1.54, 1.807) is 0 Å². The molecule has 0 saturated heterocycles. The van der Waals surface area contributed by atoms with E-state index in [4.69, 9.17) is 0 Å². The molecule has 2 atom stereocenters. The summed E-state index contributed by atoms with van der Waals surface area (Å²) in [7, 11) is 2.08. The van der Waals surface area contributed by atoms with Gasteiger partial charge in [0.05, 0.1) is 0 Å². The second-order valence-electron chi connectivity index (χ2n) is 6.39. The lowest BCUT2D eigenvalue weighted by atomic mass is 9.94. The van der Waals surface area contributed by atoms with E-state index < -0.39 is 0 Å². The first-order valence-electron chi connectivity index (χ1n) is 6.73. The molecule has 1 aliphatic rings. The van der Waals surface area contributed by atoms with Gasteiger partial charge >= 0.3 is 0 Å². The van der Waals surface area contributed by atoms with Gasteiger partial charge in [0.15, 0.2) is 0 Å². The highest BCUT2D eigenvalue weighted by molar-refractivity contribution is 5.28. The summed E-state index contributed by atoms with van der Waals surface area (Å²) in [4.78, 5) is 0. The first-order valence-corrected chi connectivity index (χ1v) is 6.73. The van der Waals surface area contributed by atoms with Crippen molar-refractivity contribution >= 4 is 0 Å². The van der Waals surface area contributed by atoms with Crippen LogP contribution in [0.3, 0.4) is 0 Å². The predicted octanol–water partition coefficient (Wildman–Crippen LogP) is 4.12. The molecule has 0 heterocycles. The molecule has 0 aliphatic heterocycles. The summed E-state index contributed by atoms with van der Waals surface area (Å²) in [6, 6.07) is 9.67. The molecule has 2 rings (SSSR count). The van der Waals surface area contributed by atoms with Crippen LogP contribution < -0.4 is 5.32 Å². The average Bonchev–Trinajstić information content (AvgIpc) is 2.89. The van der Waals surface area contributed by atoms with Crippen LogP contribution in [0.4, 0.5) is 0 Å². The number of hydrogen-bond donors (Lipinski definition) is 1. The zero-order valence-corrected chi connectivity index (χ0v) is 11.7. The lowest BCUT2D eigenvalue weighted by Gasteiger charge is -2.19. The van der Waals surface area contributed by atoms with Gasteiger partial charge in [0.1, 0.15) is 0 Å². The summed E-state index contributed by atoms with van der Waals surface area (Å²) < 4.78 is 0. The smallest absolute Gasteiger partial charge is 0.0351 e. The number of rotatable bonds is 4. The second kappa shape index (κ2) is 4.45. The van der Waals surface area contributed by atoms with Gasteiger partial charge in [0, 0.05) is 6.04 Å². The Hall–Kier alpha value is -0.820. The third-order valence-electron chi connectivity index (χ3n) is 4.27. The molecule has 1 N–H and O–H groups in total. The van der Waals surface area contributed by atoms with E-state index >= 15 is 0 Å². The van der Waals surface area contributed by atoms with E-state index in [0.29, 0.717) is 17.4 Å². The van der Waals surface area contributed by atoms with Gasteiger partial charge in [-0.15, -0.1) is 0 Å². The van der Waals surface area contributed by atoms with E-state index in [2.05, 4.69) is 64.3 Å². The maximum absolute atomic E-state index is 3.48. The number of benzene rings is 1. The Morgan fingerprint density at radius 1 is 1.12 bits per heavy atom. The Morgan fingerprint density at radius 3 is 1.94 bits per heavy atom. The molecule has 0 aromatic heterocycles. The van der Waals surface area contributed by atoms with Crippen molar-refractivity contribution in [1.29, 1.82) is 0 Å². The molecule has 0 amide bonds. The molecule has 1 saturated carbocycles. The minimum Gasteiger partial charge on any atom is -0.313 e.